The van der Waals surface area contributed by atoms with E-state index in [1.54, 1.807) is 6.92 Å². The summed E-state index contributed by atoms with van der Waals surface area (Å²) in [7, 11) is -4.00. The van der Waals surface area contributed by atoms with Gasteiger partial charge in [-0.05, 0) is 44.7 Å². The average Bonchev–Trinajstić information content (AvgIpc) is 3.31. The first-order chi connectivity index (χ1) is 13.4. The zero-order valence-electron chi connectivity index (χ0n) is 16.3. The fourth-order valence-corrected chi connectivity index (χ4v) is 5.41. The molecule has 2 saturated heterocycles. The largest absolute Gasteiger partial charge is 0.460 e. The summed E-state index contributed by atoms with van der Waals surface area (Å²) in [5.41, 5.74) is 0. The first kappa shape index (κ1) is 20.9. The Morgan fingerprint density at radius 1 is 1.07 bits per heavy atom. The van der Waals surface area contributed by atoms with Gasteiger partial charge in [-0.3, -0.25) is 4.79 Å². The van der Waals surface area contributed by atoms with Gasteiger partial charge in [-0.25, -0.2) is 13.2 Å². The highest BCUT2D eigenvalue weighted by Gasteiger charge is 2.42. The number of ether oxygens (including phenoxy) is 1. The van der Waals surface area contributed by atoms with Crippen LogP contribution in [0.1, 0.15) is 62.4 Å². The number of sulfonamides is 1. The standard InChI is InChI=1S/C19H28N2O6S/c1-2-26-19(23)16-10-11-17(27-16)28(24,25)21-14-8-9-15(21)18(22)20-12-6-4-3-5-7-13-20/h10-11,15H,2-9,12-14H2,1H3. The van der Waals surface area contributed by atoms with Crippen molar-refractivity contribution in [2.45, 2.75) is 63.0 Å². The van der Waals surface area contributed by atoms with Crippen LogP contribution in [-0.2, 0) is 19.6 Å². The normalized spacial score (nSPS) is 21.9. The van der Waals surface area contributed by atoms with Crippen LogP contribution >= 0.6 is 0 Å². The van der Waals surface area contributed by atoms with Crippen LogP contribution in [-0.4, -0.2) is 61.8 Å². The van der Waals surface area contributed by atoms with Gasteiger partial charge in [-0.1, -0.05) is 19.3 Å². The van der Waals surface area contributed by atoms with E-state index in [-0.39, 0.29) is 29.9 Å². The molecule has 0 radical (unpaired) electrons. The van der Waals surface area contributed by atoms with Crippen molar-refractivity contribution in [3.8, 4) is 0 Å². The van der Waals surface area contributed by atoms with Crippen LogP contribution in [0.4, 0.5) is 0 Å². The minimum absolute atomic E-state index is 0.125. The van der Waals surface area contributed by atoms with Crippen LogP contribution in [0, 0.1) is 0 Å². The molecular formula is C19H28N2O6S. The van der Waals surface area contributed by atoms with Gasteiger partial charge >= 0.3 is 5.97 Å². The third-order valence-electron chi connectivity index (χ3n) is 5.28. The van der Waals surface area contributed by atoms with Crippen molar-refractivity contribution in [2.75, 3.05) is 26.2 Å². The van der Waals surface area contributed by atoms with Crippen molar-refractivity contribution >= 4 is 21.9 Å². The first-order valence-electron chi connectivity index (χ1n) is 10.0. The number of nitrogens with zero attached hydrogens (tertiary/aromatic N) is 2. The van der Waals surface area contributed by atoms with Crippen LogP contribution in [0.25, 0.3) is 0 Å². The van der Waals surface area contributed by atoms with Crippen LogP contribution in [0.15, 0.2) is 21.6 Å². The number of hydrogen-bond donors (Lipinski definition) is 0. The third kappa shape index (κ3) is 4.41. The molecule has 2 aliphatic rings. The van der Waals surface area contributed by atoms with E-state index in [0.717, 1.165) is 25.7 Å². The molecule has 8 nitrogen and oxygen atoms in total. The van der Waals surface area contributed by atoms with Crippen molar-refractivity contribution in [1.82, 2.24) is 9.21 Å². The molecule has 3 rings (SSSR count). The van der Waals surface area contributed by atoms with E-state index in [4.69, 9.17) is 9.15 Å². The number of hydrogen-bond acceptors (Lipinski definition) is 6. The number of carbonyl (C=O) groups is 2. The molecule has 0 saturated carbocycles. The summed E-state index contributed by atoms with van der Waals surface area (Å²) in [5, 5.41) is -0.331. The lowest BCUT2D eigenvalue weighted by atomic mass is 10.1. The second-order valence-corrected chi connectivity index (χ2v) is 9.03. The molecule has 2 aliphatic heterocycles. The fraction of sp³-hybridized carbons (Fsp3) is 0.684. The van der Waals surface area contributed by atoms with Crippen molar-refractivity contribution in [2.24, 2.45) is 0 Å². The summed E-state index contributed by atoms with van der Waals surface area (Å²) in [5.74, 6) is -0.995. The molecule has 1 amide bonds. The lowest BCUT2D eigenvalue weighted by molar-refractivity contribution is -0.135. The molecule has 0 bridgehead atoms. The van der Waals surface area contributed by atoms with Crippen molar-refractivity contribution in [3.63, 3.8) is 0 Å². The molecule has 9 heteroatoms. The Morgan fingerprint density at radius 2 is 1.75 bits per heavy atom. The Labute approximate surface area is 165 Å². The fourth-order valence-electron chi connectivity index (χ4n) is 3.84. The van der Waals surface area contributed by atoms with Crippen molar-refractivity contribution < 1.29 is 27.2 Å². The van der Waals surface area contributed by atoms with Gasteiger partial charge in [-0.15, -0.1) is 0 Å². The van der Waals surface area contributed by atoms with Crippen LogP contribution in [0.5, 0.6) is 0 Å². The zero-order valence-corrected chi connectivity index (χ0v) is 17.1. The van der Waals surface area contributed by atoms with E-state index in [9.17, 15) is 18.0 Å². The smallest absolute Gasteiger partial charge is 0.374 e. The third-order valence-corrected chi connectivity index (χ3v) is 7.06. The van der Waals surface area contributed by atoms with E-state index in [1.807, 2.05) is 4.90 Å². The summed E-state index contributed by atoms with van der Waals surface area (Å²) >= 11 is 0. The average molecular weight is 413 g/mol. The Bertz CT molecular complexity index is 795. The predicted molar refractivity (Wildman–Crippen MR) is 101 cm³/mol. The monoisotopic (exact) mass is 412 g/mol. The number of likely N-dealkylation sites (tertiary alicyclic amines) is 1. The second-order valence-electron chi connectivity index (χ2n) is 7.21. The molecule has 3 heterocycles. The minimum Gasteiger partial charge on any atom is -0.460 e. The highest BCUT2D eigenvalue weighted by molar-refractivity contribution is 7.89. The summed E-state index contributed by atoms with van der Waals surface area (Å²) in [6.07, 6.45) is 6.40. The summed E-state index contributed by atoms with van der Waals surface area (Å²) < 4.78 is 37.4. The number of amides is 1. The molecule has 1 aromatic heterocycles. The molecule has 0 aromatic carbocycles. The highest BCUT2D eigenvalue weighted by Crippen LogP contribution is 2.29. The van der Waals surface area contributed by atoms with Gasteiger partial charge in [0.05, 0.1) is 6.61 Å². The molecule has 2 fully saturated rings. The lowest BCUT2D eigenvalue weighted by Crippen LogP contribution is -2.48. The quantitative estimate of drug-likeness (QED) is 0.689. The van der Waals surface area contributed by atoms with Gasteiger partial charge in [-0.2, -0.15) is 4.31 Å². The lowest BCUT2D eigenvalue weighted by Gasteiger charge is -2.30. The Morgan fingerprint density at radius 3 is 2.43 bits per heavy atom. The SMILES string of the molecule is CCOC(=O)c1ccc(S(=O)(=O)N2CCCC2C(=O)N2CCCCCCC2)o1. The Hall–Kier alpha value is -1.87. The molecule has 28 heavy (non-hydrogen) atoms. The molecule has 0 spiro atoms. The van der Waals surface area contributed by atoms with E-state index < -0.39 is 22.0 Å². The van der Waals surface area contributed by atoms with Crippen LogP contribution < -0.4 is 0 Å². The van der Waals surface area contributed by atoms with Crippen LogP contribution in [0.3, 0.4) is 0 Å². The molecule has 156 valence electrons. The molecule has 1 aromatic rings. The van der Waals surface area contributed by atoms with Crippen LogP contribution in [0.2, 0.25) is 0 Å². The van der Waals surface area contributed by atoms with Gasteiger partial charge < -0.3 is 14.1 Å². The summed E-state index contributed by atoms with van der Waals surface area (Å²) in [4.78, 5) is 26.6. The van der Waals surface area contributed by atoms with E-state index >= 15 is 0 Å². The van der Waals surface area contributed by atoms with E-state index in [0.29, 0.717) is 25.9 Å². The first-order valence-corrected chi connectivity index (χ1v) is 11.5. The van der Waals surface area contributed by atoms with E-state index in [1.165, 1.54) is 22.9 Å². The number of carbonyl (C=O) groups excluding carboxylic acids is 2. The van der Waals surface area contributed by atoms with Gasteiger partial charge in [0.25, 0.3) is 10.0 Å². The maximum absolute atomic E-state index is 13.1. The van der Waals surface area contributed by atoms with Gasteiger partial charge in [0.1, 0.15) is 6.04 Å². The number of furan rings is 1. The molecule has 0 aliphatic carbocycles. The molecular weight excluding hydrogens is 384 g/mol. The summed E-state index contributed by atoms with van der Waals surface area (Å²) in [6, 6.07) is 1.83. The molecule has 0 N–H and O–H groups in total. The maximum atomic E-state index is 13.1. The minimum atomic E-state index is -4.00. The van der Waals surface area contributed by atoms with Gasteiger partial charge in [0.2, 0.25) is 16.8 Å². The number of esters is 1. The highest BCUT2D eigenvalue weighted by atomic mass is 32.2. The molecule has 1 atom stereocenters. The Balaban J connectivity index is 1.77. The Kier molecular flexibility index (Phi) is 6.77. The number of rotatable bonds is 5. The van der Waals surface area contributed by atoms with Gasteiger partial charge in [0.15, 0.2) is 0 Å². The molecule has 1 unspecified atom stereocenters. The van der Waals surface area contributed by atoms with E-state index in [2.05, 4.69) is 0 Å². The predicted octanol–water partition coefficient (Wildman–Crippen LogP) is 2.40. The maximum Gasteiger partial charge on any atom is 0.374 e. The topological polar surface area (TPSA) is 97.1 Å². The van der Waals surface area contributed by atoms with Crippen molar-refractivity contribution in [3.05, 3.63) is 17.9 Å². The summed E-state index contributed by atoms with van der Waals surface area (Å²) in [6.45, 7) is 3.44. The van der Waals surface area contributed by atoms with Crippen molar-refractivity contribution in [1.29, 1.82) is 0 Å². The van der Waals surface area contributed by atoms with Gasteiger partial charge in [0, 0.05) is 19.6 Å². The second kappa shape index (κ2) is 9.09. The zero-order chi connectivity index (χ0) is 20.1.